The smallest absolute Gasteiger partial charge is 0.255 e. The number of carbonyl (C=O) groups is 5. The molecule has 1 unspecified atom stereocenters. The summed E-state index contributed by atoms with van der Waals surface area (Å²) in [7, 11) is 1.55. The second kappa shape index (κ2) is 20.3. The molecule has 20 nitrogen and oxygen atoms in total. The first-order valence-electron chi connectivity index (χ1n) is 21.8. The molecule has 2 aromatic carbocycles. The Morgan fingerprint density at radius 2 is 1.72 bits per heavy atom. The molecule has 0 bridgehead atoms. The van der Waals surface area contributed by atoms with Crippen LogP contribution in [0, 0.1) is 0 Å². The lowest BCUT2D eigenvalue weighted by Gasteiger charge is -2.40. The summed E-state index contributed by atoms with van der Waals surface area (Å²) < 4.78 is 24.4. The van der Waals surface area contributed by atoms with Crippen LogP contribution in [0.25, 0.3) is 5.69 Å². The van der Waals surface area contributed by atoms with E-state index in [1.807, 2.05) is 4.57 Å². The number of methoxy groups -OCH3 is 1. The van der Waals surface area contributed by atoms with Crippen LogP contribution in [0.15, 0.2) is 48.9 Å². The molecule has 64 heavy (non-hydrogen) atoms. The van der Waals surface area contributed by atoms with Crippen LogP contribution in [0.2, 0.25) is 0 Å². The highest BCUT2D eigenvalue weighted by Crippen LogP contribution is 2.43. The van der Waals surface area contributed by atoms with Crippen molar-refractivity contribution in [3.63, 3.8) is 0 Å². The van der Waals surface area contributed by atoms with Crippen molar-refractivity contribution >= 4 is 52.7 Å². The molecule has 8 rings (SSSR count). The average Bonchev–Trinajstić information content (AvgIpc) is 4.08. The van der Waals surface area contributed by atoms with Gasteiger partial charge in [-0.15, -0.1) is 10.2 Å². The molecule has 1 aliphatic carbocycles. The number of ether oxygens (including phenoxy) is 4. The Hall–Kier alpha value is -6.51. The van der Waals surface area contributed by atoms with Gasteiger partial charge in [-0.3, -0.25) is 33.9 Å². The second-order valence-electron chi connectivity index (χ2n) is 15.9. The summed E-state index contributed by atoms with van der Waals surface area (Å²) in [5, 5.41) is 20.0. The minimum atomic E-state index is -0.736. The van der Waals surface area contributed by atoms with E-state index < -0.39 is 11.9 Å². The third-order valence-electron chi connectivity index (χ3n) is 11.9. The van der Waals surface area contributed by atoms with E-state index in [1.54, 1.807) is 56.0 Å². The first kappa shape index (κ1) is 44.1. The number of aromatic nitrogens is 5. The number of fused-ring (bicyclic) bond motifs is 4. The van der Waals surface area contributed by atoms with Gasteiger partial charge < -0.3 is 44.7 Å². The summed E-state index contributed by atoms with van der Waals surface area (Å²) in [6.45, 7) is 4.29. The van der Waals surface area contributed by atoms with Gasteiger partial charge in [-0.1, -0.05) is 25.8 Å². The minimum Gasteiger partial charge on any atom is -0.495 e. The summed E-state index contributed by atoms with van der Waals surface area (Å²) in [6, 6.07) is 9.88. The van der Waals surface area contributed by atoms with Crippen LogP contribution in [0.1, 0.15) is 96.4 Å². The Morgan fingerprint density at radius 3 is 2.48 bits per heavy atom. The Labute approximate surface area is 369 Å². The Balaban J connectivity index is 0.709. The predicted octanol–water partition coefficient (Wildman–Crippen LogP) is 3.59. The fraction of sp³-hybridized carbons (Fsp3) is 0.477. The van der Waals surface area contributed by atoms with E-state index in [9.17, 15) is 24.0 Å². The van der Waals surface area contributed by atoms with Gasteiger partial charge in [-0.2, -0.15) is 4.98 Å². The fourth-order valence-electron chi connectivity index (χ4n) is 8.72. The van der Waals surface area contributed by atoms with Crippen molar-refractivity contribution in [2.24, 2.45) is 0 Å². The molecule has 4 N–H and O–H groups in total. The van der Waals surface area contributed by atoms with Gasteiger partial charge in [0.05, 0.1) is 71.1 Å². The first-order valence-corrected chi connectivity index (χ1v) is 21.8. The Kier molecular flexibility index (Phi) is 14.0. The first-order chi connectivity index (χ1) is 31.2. The molecular formula is C44H53N11O9. The van der Waals surface area contributed by atoms with Crippen LogP contribution in [0.5, 0.6) is 5.75 Å². The molecule has 0 radical (unpaired) electrons. The highest BCUT2D eigenvalue weighted by Gasteiger charge is 2.41. The van der Waals surface area contributed by atoms with Crippen LogP contribution >= 0.6 is 0 Å². The zero-order chi connectivity index (χ0) is 44.6. The van der Waals surface area contributed by atoms with E-state index in [0.29, 0.717) is 72.2 Å². The van der Waals surface area contributed by atoms with Crippen LogP contribution in [0.3, 0.4) is 0 Å². The molecule has 2 atom stereocenters. The maximum Gasteiger partial charge on any atom is 0.255 e. The number of hydrogen-bond acceptors (Lipinski definition) is 15. The van der Waals surface area contributed by atoms with Gasteiger partial charge in [0.1, 0.15) is 23.8 Å². The van der Waals surface area contributed by atoms with Gasteiger partial charge in [0.15, 0.2) is 11.6 Å². The van der Waals surface area contributed by atoms with Crippen molar-refractivity contribution in [2.75, 3.05) is 68.8 Å². The van der Waals surface area contributed by atoms with Crippen molar-refractivity contribution in [3.8, 4) is 11.4 Å². The van der Waals surface area contributed by atoms with Gasteiger partial charge >= 0.3 is 0 Å². The molecule has 1 saturated carbocycles. The number of carbonyl (C=O) groups excluding carboxylic acids is 5. The fourth-order valence-corrected chi connectivity index (χ4v) is 8.72. The van der Waals surface area contributed by atoms with Gasteiger partial charge in [-0.05, 0) is 56.0 Å². The molecule has 338 valence electrons. The van der Waals surface area contributed by atoms with Crippen LogP contribution in [0.4, 0.5) is 23.1 Å². The highest BCUT2D eigenvalue weighted by atomic mass is 16.5. The summed E-state index contributed by atoms with van der Waals surface area (Å²) in [5.41, 5.74) is 3.44. The molecule has 3 aliphatic heterocycles. The number of nitrogens with zero attached hydrogens (tertiary/aromatic N) is 7. The molecule has 5 heterocycles. The number of imide groups is 1. The van der Waals surface area contributed by atoms with E-state index >= 15 is 0 Å². The molecule has 4 aromatic rings. The highest BCUT2D eigenvalue weighted by molar-refractivity contribution is 6.06. The van der Waals surface area contributed by atoms with Crippen LogP contribution in [-0.4, -0.2) is 125 Å². The van der Waals surface area contributed by atoms with Crippen LogP contribution in [-0.2, 0) is 35.1 Å². The van der Waals surface area contributed by atoms with E-state index in [4.69, 9.17) is 23.9 Å². The predicted molar refractivity (Wildman–Crippen MR) is 232 cm³/mol. The standard InChI is InChI=1S/C44H53N11O9/c1-3-33-40-52-47-26-54(40)35-24-46-44(51-39(35)55(33)28-7-4-5-8-28)49-32-12-11-27(23-36(32)61-2)41(58)45-16-18-63-20-22-64-21-19-62-17-15-38(57)48-31-10-6-9-29-30(31)25-53(43(29)60)34-13-14-37(56)50-42(34)59/h6,9-12,23-24,26,28,33-34H,3-5,7-8,13-22,25H2,1-2H3,(H,45,58)(H,48,57)(H,46,49,51)(H,50,56,59)/t33-,34?/m1/s1. The van der Waals surface area contributed by atoms with Crippen LogP contribution < -0.4 is 30.9 Å². The number of nitrogens with one attached hydrogen (secondary N) is 4. The number of piperidine rings is 1. The largest absolute Gasteiger partial charge is 0.495 e. The molecule has 4 aliphatic rings. The van der Waals surface area contributed by atoms with Crippen molar-refractivity contribution < 1.29 is 42.9 Å². The molecule has 5 amide bonds. The number of amides is 5. The maximum atomic E-state index is 13.0. The summed E-state index contributed by atoms with van der Waals surface area (Å²) in [4.78, 5) is 76.1. The van der Waals surface area contributed by atoms with Crippen molar-refractivity contribution in [1.82, 2.24) is 40.3 Å². The topological polar surface area (TPSA) is 233 Å². The number of rotatable bonds is 20. The Bertz CT molecular complexity index is 2370. The zero-order valence-electron chi connectivity index (χ0n) is 36.0. The quantitative estimate of drug-likeness (QED) is 0.0734. The Morgan fingerprint density at radius 1 is 0.938 bits per heavy atom. The monoisotopic (exact) mass is 879 g/mol. The van der Waals surface area contributed by atoms with Crippen molar-refractivity contribution in [3.05, 3.63) is 71.4 Å². The lowest BCUT2D eigenvalue weighted by atomic mass is 10.0. The van der Waals surface area contributed by atoms with E-state index in [-0.39, 0.29) is 75.3 Å². The zero-order valence-corrected chi connectivity index (χ0v) is 36.0. The van der Waals surface area contributed by atoms with E-state index in [2.05, 4.69) is 48.3 Å². The molecule has 0 spiro atoms. The number of hydrogen-bond donors (Lipinski definition) is 4. The number of anilines is 4. The average molecular weight is 880 g/mol. The molecule has 2 fully saturated rings. The molecular weight excluding hydrogens is 827 g/mol. The molecule has 20 heteroatoms. The summed E-state index contributed by atoms with van der Waals surface area (Å²) >= 11 is 0. The second-order valence-corrected chi connectivity index (χ2v) is 15.9. The summed E-state index contributed by atoms with van der Waals surface area (Å²) in [5.74, 6) is 0.912. The normalized spacial score (nSPS) is 18.1. The third kappa shape index (κ3) is 9.68. The third-order valence-corrected chi connectivity index (χ3v) is 11.9. The van der Waals surface area contributed by atoms with E-state index in [0.717, 1.165) is 36.6 Å². The number of benzene rings is 2. The SMILES string of the molecule is CC[C@@H]1c2nncn2-c2cnc(Nc3ccc(C(=O)NCCOCCOCCOCCC(=O)Nc4cccc5c4CN(C4CCC(=O)NC4=O)C5=O)cc3OC)nc2N1C1CCCC1. The summed E-state index contributed by atoms with van der Waals surface area (Å²) in [6.07, 6.45) is 9.46. The van der Waals surface area contributed by atoms with Crippen molar-refractivity contribution in [2.45, 2.75) is 83.0 Å². The van der Waals surface area contributed by atoms with Gasteiger partial charge in [0.25, 0.3) is 11.8 Å². The lowest BCUT2D eigenvalue weighted by molar-refractivity contribution is -0.137. The van der Waals surface area contributed by atoms with Gasteiger partial charge in [0.2, 0.25) is 23.7 Å². The minimum absolute atomic E-state index is 0.0602. The lowest BCUT2D eigenvalue weighted by Crippen LogP contribution is -2.52. The van der Waals surface area contributed by atoms with Gasteiger partial charge in [-0.25, -0.2) is 4.98 Å². The van der Waals surface area contributed by atoms with Crippen molar-refractivity contribution in [1.29, 1.82) is 0 Å². The molecule has 1 saturated heterocycles. The molecule has 2 aromatic heterocycles. The van der Waals surface area contributed by atoms with Gasteiger partial charge in [0, 0.05) is 47.9 Å². The maximum absolute atomic E-state index is 13.0. The van der Waals surface area contributed by atoms with E-state index in [1.165, 1.54) is 17.7 Å².